The average molecular weight is 447 g/mol. The fraction of sp³-hybridized carbons (Fsp3) is 0.320. The first-order valence-corrected chi connectivity index (χ1v) is 11.1. The number of hydrogen-bond acceptors (Lipinski definition) is 7. The molecule has 1 aliphatic carbocycles. The highest BCUT2D eigenvalue weighted by molar-refractivity contribution is 6.12. The van der Waals surface area contributed by atoms with Crippen LogP contribution in [0.15, 0.2) is 54.6 Å². The minimum Gasteiger partial charge on any atom is -0.390 e. The van der Waals surface area contributed by atoms with Crippen LogP contribution in [0.4, 0.5) is 16.0 Å². The van der Waals surface area contributed by atoms with Gasteiger partial charge in [-0.05, 0) is 36.0 Å². The highest BCUT2D eigenvalue weighted by Gasteiger charge is 2.65. The van der Waals surface area contributed by atoms with Crippen molar-refractivity contribution >= 4 is 17.3 Å². The van der Waals surface area contributed by atoms with Crippen molar-refractivity contribution in [1.29, 1.82) is 5.41 Å². The Hall–Kier alpha value is -3.36. The first-order valence-electron chi connectivity index (χ1n) is 11.1. The molecule has 2 aliphatic rings. The van der Waals surface area contributed by atoms with E-state index in [1.165, 1.54) is 6.07 Å². The quantitative estimate of drug-likeness (QED) is 0.431. The molecule has 1 saturated carbocycles. The maximum absolute atomic E-state index is 13.9. The molecule has 2 heterocycles. The number of benzene rings is 2. The smallest absolute Gasteiger partial charge is 0.155 e. The summed E-state index contributed by atoms with van der Waals surface area (Å²) < 4.78 is 13.9. The van der Waals surface area contributed by atoms with Gasteiger partial charge in [-0.1, -0.05) is 42.5 Å². The van der Waals surface area contributed by atoms with E-state index in [0.29, 0.717) is 36.1 Å². The summed E-state index contributed by atoms with van der Waals surface area (Å²) in [7, 11) is 0. The van der Waals surface area contributed by atoms with Crippen molar-refractivity contribution < 1.29 is 9.50 Å². The molecule has 6 N–H and O–H groups in total. The first kappa shape index (κ1) is 21.5. The standard InChI is InChI=1S/C25H27FN6O/c26-17-8-4-7-16(11-17)25(14-27)18-9-10-32(12-19(18)25)24-20(13-33)30-22(23(29)31-24)21(28)15-5-2-1-3-6-15/h1-8,11,18-19,28,33H,9-10,12-14,27H2,(H2,29,31). The Morgan fingerprint density at radius 2 is 1.94 bits per heavy atom. The van der Waals surface area contributed by atoms with Gasteiger partial charge in [0.25, 0.3) is 0 Å². The van der Waals surface area contributed by atoms with Crippen LogP contribution in [0.25, 0.3) is 0 Å². The lowest BCUT2D eigenvalue weighted by Crippen LogP contribution is -2.34. The highest BCUT2D eigenvalue weighted by atomic mass is 19.1. The molecule has 1 aliphatic heterocycles. The zero-order valence-electron chi connectivity index (χ0n) is 18.2. The van der Waals surface area contributed by atoms with Gasteiger partial charge in [0.2, 0.25) is 0 Å². The van der Waals surface area contributed by atoms with Crippen molar-refractivity contribution in [2.45, 2.75) is 18.4 Å². The Kier molecular flexibility index (Phi) is 5.34. The van der Waals surface area contributed by atoms with Crippen molar-refractivity contribution in [1.82, 2.24) is 9.97 Å². The average Bonchev–Trinajstić information content (AvgIpc) is 3.52. The molecule has 3 unspecified atom stereocenters. The number of nitrogens with one attached hydrogen (secondary N) is 1. The predicted octanol–water partition coefficient (Wildman–Crippen LogP) is 2.46. The van der Waals surface area contributed by atoms with Crippen molar-refractivity contribution in [3.63, 3.8) is 0 Å². The van der Waals surface area contributed by atoms with Crippen LogP contribution in [0.3, 0.4) is 0 Å². The van der Waals surface area contributed by atoms with Crippen LogP contribution in [-0.4, -0.2) is 40.4 Å². The van der Waals surface area contributed by atoms with Crippen LogP contribution in [0, 0.1) is 23.1 Å². The number of aromatic nitrogens is 2. The van der Waals surface area contributed by atoms with E-state index >= 15 is 0 Å². The maximum Gasteiger partial charge on any atom is 0.155 e. The van der Waals surface area contributed by atoms with E-state index in [1.54, 1.807) is 12.1 Å². The molecule has 170 valence electrons. The van der Waals surface area contributed by atoms with Crippen LogP contribution in [0.5, 0.6) is 0 Å². The van der Waals surface area contributed by atoms with Gasteiger partial charge in [-0.25, -0.2) is 14.4 Å². The van der Waals surface area contributed by atoms with Crippen LogP contribution in [0.2, 0.25) is 0 Å². The van der Waals surface area contributed by atoms with Gasteiger partial charge in [0, 0.05) is 30.6 Å². The van der Waals surface area contributed by atoms with Gasteiger partial charge in [-0.3, -0.25) is 5.41 Å². The second-order valence-electron chi connectivity index (χ2n) is 8.83. The zero-order chi connectivity index (χ0) is 23.2. The second kappa shape index (κ2) is 8.20. The largest absolute Gasteiger partial charge is 0.390 e. The topological polar surface area (TPSA) is 125 Å². The Morgan fingerprint density at radius 3 is 2.64 bits per heavy atom. The number of nitrogen functional groups attached to an aromatic ring is 1. The predicted molar refractivity (Wildman–Crippen MR) is 126 cm³/mol. The zero-order valence-corrected chi connectivity index (χ0v) is 18.2. The maximum atomic E-state index is 13.9. The van der Waals surface area contributed by atoms with Gasteiger partial charge in [-0.2, -0.15) is 0 Å². The first-order chi connectivity index (χ1) is 16.0. The fourth-order valence-electron chi connectivity index (χ4n) is 5.55. The summed E-state index contributed by atoms with van der Waals surface area (Å²) in [5, 5.41) is 18.6. The summed E-state index contributed by atoms with van der Waals surface area (Å²) in [5.74, 6) is 1.08. The van der Waals surface area contributed by atoms with Crippen molar-refractivity contribution in [2.24, 2.45) is 17.6 Å². The molecule has 3 aromatic rings. The number of nitrogens with zero attached hydrogens (tertiary/aromatic N) is 3. The number of fused-ring (bicyclic) bond motifs is 1. The van der Waals surface area contributed by atoms with Gasteiger partial charge >= 0.3 is 0 Å². The minimum absolute atomic E-state index is 0.157. The number of aliphatic hydroxyl groups excluding tert-OH is 1. The Morgan fingerprint density at radius 1 is 1.15 bits per heavy atom. The third-order valence-electron chi connectivity index (χ3n) is 7.25. The number of nitrogens with two attached hydrogens (primary N) is 2. The summed E-state index contributed by atoms with van der Waals surface area (Å²) in [6.45, 7) is 1.53. The molecular formula is C25H27FN6O. The van der Waals surface area contributed by atoms with E-state index in [9.17, 15) is 9.50 Å². The van der Waals surface area contributed by atoms with Crippen LogP contribution in [-0.2, 0) is 12.0 Å². The molecule has 0 amide bonds. The lowest BCUT2D eigenvalue weighted by Gasteiger charge is -2.29. The molecule has 1 aromatic heterocycles. The summed E-state index contributed by atoms with van der Waals surface area (Å²) in [6, 6.07) is 15.9. The number of aliphatic hydroxyl groups is 1. The SMILES string of the molecule is N=C(c1ccccc1)c1nc(CO)c(N2CCC3C(C2)C3(CN)c2cccc(F)c2)nc1N. The fourth-order valence-corrected chi connectivity index (χ4v) is 5.55. The summed E-state index contributed by atoms with van der Waals surface area (Å²) in [6.07, 6.45) is 0.881. The van der Waals surface area contributed by atoms with E-state index in [0.717, 1.165) is 18.5 Å². The van der Waals surface area contributed by atoms with E-state index in [4.69, 9.17) is 16.9 Å². The summed E-state index contributed by atoms with van der Waals surface area (Å²) in [4.78, 5) is 11.2. The van der Waals surface area contributed by atoms with Gasteiger partial charge in [0.1, 0.15) is 17.2 Å². The van der Waals surface area contributed by atoms with E-state index in [2.05, 4.69) is 14.9 Å². The Labute approximate surface area is 191 Å². The Balaban J connectivity index is 1.44. The third kappa shape index (κ3) is 3.46. The van der Waals surface area contributed by atoms with Crippen LogP contribution in [0.1, 0.15) is 28.9 Å². The van der Waals surface area contributed by atoms with Crippen molar-refractivity contribution in [3.8, 4) is 0 Å². The molecule has 0 bridgehead atoms. The second-order valence-corrected chi connectivity index (χ2v) is 8.83. The molecule has 33 heavy (non-hydrogen) atoms. The lowest BCUT2D eigenvalue weighted by molar-refractivity contribution is 0.276. The molecule has 3 atom stereocenters. The van der Waals surface area contributed by atoms with Crippen LogP contribution >= 0.6 is 0 Å². The lowest BCUT2D eigenvalue weighted by atomic mass is 9.91. The van der Waals surface area contributed by atoms with Gasteiger partial charge in [0.05, 0.1) is 12.3 Å². The molecule has 7 nitrogen and oxygen atoms in total. The van der Waals surface area contributed by atoms with Crippen molar-refractivity contribution in [3.05, 3.63) is 82.9 Å². The molecular weight excluding hydrogens is 419 g/mol. The molecule has 2 fully saturated rings. The highest BCUT2D eigenvalue weighted by Crippen LogP contribution is 2.63. The number of hydrogen-bond donors (Lipinski definition) is 4. The van der Waals surface area contributed by atoms with Gasteiger partial charge in [-0.15, -0.1) is 0 Å². The molecule has 0 spiro atoms. The molecule has 8 heteroatoms. The number of piperidine rings is 1. The molecule has 0 radical (unpaired) electrons. The third-order valence-corrected chi connectivity index (χ3v) is 7.25. The van der Waals surface area contributed by atoms with Gasteiger partial charge < -0.3 is 21.5 Å². The monoisotopic (exact) mass is 446 g/mol. The van der Waals surface area contributed by atoms with Crippen LogP contribution < -0.4 is 16.4 Å². The number of rotatable bonds is 6. The molecule has 1 saturated heterocycles. The Bertz CT molecular complexity index is 1200. The van der Waals surface area contributed by atoms with E-state index in [1.807, 2.05) is 36.4 Å². The van der Waals surface area contributed by atoms with E-state index in [-0.39, 0.29) is 41.0 Å². The number of anilines is 2. The normalized spacial score (nSPS) is 23.8. The minimum atomic E-state index is -0.311. The molecule has 2 aromatic carbocycles. The summed E-state index contributed by atoms with van der Waals surface area (Å²) >= 11 is 0. The number of halogens is 1. The molecule has 5 rings (SSSR count). The summed E-state index contributed by atoms with van der Waals surface area (Å²) in [5.41, 5.74) is 14.7. The van der Waals surface area contributed by atoms with E-state index < -0.39 is 0 Å². The van der Waals surface area contributed by atoms with Crippen molar-refractivity contribution in [2.75, 3.05) is 30.3 Å². The van der Waals surface area contributed by atoms with Gasteiger partial charge in [0.15, 0.2) is 11.6 Å².